The van der Waals surface area contributed by atoms with E-state index in [9.17, 15) is 14.4 Å². The Morgan fingerprint density at radius 1 is 1.12 bits per heavy atom. The highest BCUT2D eigenvalue weighted by molar-refractivity contribution is 7.18. The fourth-order valence-corrected chi connectivity index (χ4v) is 5.43. The molecule has 0 bridgehead atoms. The van der Waals surface area contributed by atoms with Crippen LogP contribution < -0.4 is 5.32 Å². The van der Waals surface area contributed by atoms with Gasteiger partial charge in [0.15, 0.2) is 0 Å². The lowest BCUT2D eigenvalue weighted by Gasteiger charge is -2.21. The second kappa shape index (κ2) is 10.4. The highest BCUT2D eigenvalue weighted by Crippen LogP contribution is 2.35. The Morgan fingerprint density at radius 3 is 2.59 bits per heavy atom. The lowest BCUT2D eigenvalue weighted by molar-refractivity contribution is -0.116. The SMILES string of the molecule is CCOC(=O)c1c(NC(=O)Cn2c(C)nc3ccccc32)sc(C(=O)OC2CCCCC2)c1C. The maximum atomic E-state index is 13.0. The molecular weight excluding hydrogens is 454 g/mol. The number of benzene rings is 1. The lowest BCUT2D eigenvalue weighted by atomic mass is 9.98. The average Bonchev–Trinajstić information content (AvgIpc) is 3.30. The van der Waals surface area contributed by atoms with E-state index in [4.69, 9.17) is 9.47 Å². The smallest absolute Gasteiger partial charge is 0.348 e. The van der Waals surface area contributed by atoms with Crippen molar-refractivity contribution < 1.29 is 23.9 Å². The minimum Gasteiger partial charge on any atom is -0.462 e. The molecular formula is C25H29N3O5S. The highest BCUT2D eigenvalue weighted by Gasteiger charge is 2.29. The van der Waals surface area contributed by atoms with Gasteiger partial charge in [-0.2, -0.15) is 0 Å². The van der Waals surface area contributed by atoms with Gasteiger partial charge in [-0.25, -0.2) is 14.6 Å². The van der Waals surface area contributed by atoms with Gasteiger partial charge in [-0.1, -0.05) is 18.6 Å². The zero-order chi connectivity index (χ0) is 24.2. The molecule has 0 unspecified atom stereocenters. The molecule has 0 atom stereocenters. The number of aryl methyl sites for hydroxylation is 1. The van der Waals surface area contributed by atoms with Crippen molar-refractivity contribution in [3.8, 4) is 0 Å². The summed E-state index contributed by atoms with van der Waals surface area (Å²) in [6.45, 7) is 5.44. The van der Waals surface area contributed by atoms with Crippen molar-refractivity contribution in [2.75, 3.05) is 11.9 Å². The predicted octanol–water partition coefficient (Wildman–Crippen LogP) is 5.02. The predicted molar refractivity (Wildman–Crippen MR) is 130 cm³/mol. The van der Waals surface area contributed by atoms with Gasteiger partial charge in [0.2, 0.25) is 5.91 Å². The van der Waals surface area contributed by atoms with Gasteiger partial charge in [0.05, 0.1) is 23.2 Å². The van der Waals surface area contributed by atoms with Gasteiger partial charge in [0, 0.05) is 0 Å². The number of thiophene rings is 1. The zero-order valence-corrected chi connectivity index (χ0v) is 20.5. The maximum absolute atomic E-state index is 13.0. The Morgan fingerprint density at radius 2 is 1.85 bits per heavy atom. The molecule has 1 amide bonds. The van der Waals surface area contributed by atoms with Gasteiger partial charge < -0.3 is 19.4 Å². The number of amides is 1. The molecule has 180 valence electrons. The molecule has 1 aliphatic carbocycles. The minimum absolute atomic E-state index is 0.0212. The summed E-state index contributed by atoms with van der Waals surface area (Å²) < 4.78 is 12.7. The van der Waals surface area contributed by atoms with Gasteiger partial charge >= 0.3 is 11.9 Å². The van der Waals surface area contributed by atoms with Crippen LogP contribution in [0.2, 0.25) is 0 Å². The average molecular weight is 484 g/mol. The van der Waals surface area contributed by atoms with E-state index in [0.29, 0.717) is 21.3 Å². The largest absolute Gasteiger partial charge is 0.462 e. The Labute approximate surface area is 202 Å². The topological polar surface area (TPSA) is 99.5 Å². The van der Waals surface area contributed by atoms with Crippen molar-refractivity contribution in [3.63, 3.8) is 0 Å². The molecule has 8 nitrogen and oxygen atoms in total. The number of anilines is 1. The molecule has 1 saturated carbocycles. The molecule has 0 radical (unpaired) electrons. The molecule has 0 aliphatic heterocycles. The molecule has 3 aromatic rings. The maximum Gasteiger partial charge on any atom is 0.348 e. The third kappa shape index (κ3) is 4.99. The zero-order valence-electron chi connectivity index (χ0n) is 19.7. The number of para-hydroxylation sites is 2. The molecule has 0 spiro atoms. The fourth-order valence-electron chi connectivity index (χ4n) is 4.34. The number of hydrogen-bond acceptors (Lipinski definition) is 7. The van der Waals surface area contributed by atoms with E-state index in [2.05, 4.69) is 10.3 Å². The highest BCUT2D eigenvalue weighted by atomic mass is 32.1. The van der Waals surface area contributed by atoms with Crippen molar-refractivity contribution in [2.45, 2.75) is 65.5 Å². The number of nitrogens with one attached hydrogen (secondary N) is 1. The third-order valence-electron chi connectivity index (χ3n) is 6.04. The van der Waals surface area contributed by atoms with Gasteiger partial charge in [0.25, 0.3) is 0 Å². The van der Waals surface area contributed by atoms with Crippen LogP contribution in [-0.4, -0.2) is 40.1 Å². The van der Waals surface area contributed by atoms with Crippen LogP contribution in [0.5, 0.6) is 0 Å². The summed E-state index contributed by atoms with van der Waals surface area (Å²) in [7, 11) is 0. The van der Waals surface area contributed by atoms with Crippen molar-refractivity contribution >= 4 is 45.2 Å². The number of aromatic nitrogens is 2. The van der Waals surface area contributed by atoms with Gasteiger partial charge in [-0.15, -0.1) is 11.3 Å². The number of carbonyl (C=O) groups excluding carboxylic acids is 3. The molecule has 4 rings (SSSR count). The molecule has 1 aliphatic rings. The first-order valence-corrected chi connectivity index (χ1v) is 12.4. The molecule has 2 heterocycles. The van der Waals surface area contributed by atoms with Crippen LogP contribution in [0.15, 0.2) is 24.3 Å². The normalized spacial score (nSPS) is 14.2. The van der Waals surface area contributed by atoms with E-state index in [1.165, 1.54) is 0 Å². The third-order valence-corrected chi connectivity index (χ3v) is 7.23. The molecule has 34 heavy (non-hydrogen) atoms. The second-order valence-electron chi connectivity index (χ2n) is 8.43. The summed E-state index contributed by atoms with van der Waals surface area (Å²) in [6, 6.07) is 7.58. The summed E-state index contributed by atoms with van der Waals surface area (Å²) in [5.41, 5.74) is 2.31. The monoisotopic (exact) mass is 483 g/mol. The number of fused-ring (bicyclic) bond motifs is 1. The van der Waals surface area contributed by atoms with Gasteiger partial charge in [-0.05, 0) is 64.2 Å². The molecule has 1 aromatic carbocycles. The van der Waals surface area contributed by atoms with Crippen molar-refractivity contribution in [1.29, 1.82) is 0 Å². The van der Waals surface area contributed by atoms with Crippen LogP contribution in [-0.2, 0) is 20.8 Å². The van der Waals surface area contributed by atoms with Crippen molar-refractivity contribution in [1.82, 2.24) is 9.55 Å². The lowest BCUT2D eigenvalue weighted by Crippen LogP contribution is -2.21. The van der Waals surface area contributed by atoms with Crippen LogP contribution in [0.4, 0.5) is 5.00 Å². The number of nitrogens with zero attached hydrogens (tertiary/aromatic N) is 2. The van der Waals surface area contributed by atoms with Crippen LogP contribution in [0.3, 0.4) is 0 Å². The number of esters is 2. The van der Waals surface area contributed by atoms with E-state index in [-0.39, 0.29) is 30.7 Å². The first kappa shape index (κ1) is 23.9. The number of rotatable bonds is 7. The van der Waals surface area contributed by atoms with E-state index in [1.807, 2.05) is 35.8 Å². The summed E-state index contributed by atoms with van der Waals surface area (Å²) >= 11 is 1.05. The van der Waals surface area contributed by atoms with Gasteiger partial charge in [-0.3, -0.25) is 4.79 Å². The standard InChI is InChI=1S/C25H29N3O5S/c1-4-32-24(30)21-15(2)22(25(31)33-17-10-6-5-7-11-17)34-23(21)27-20(29)14-28-16(3)26-18-12-8-9-13-19(18)28/h8-9,12-13,17H,4-7,10-11,14H2,1-3H3,(H,27,29). The molecule has 2 aromatic heterocycles. The number of imidazole rings is 1. The Balaban J connectivity index is 1.58. The van der Waals surface area contributed by atoms with Crippen molar-refractivity contribution in [3.05, 3.63) is 46.1 Å². The summed E-state index contributed by atoms with van der Waals surface area (Å²) in [4.78, 5) is 43.4. The quantitative estimate of drug-likeness (QED) is 0.474. The van der Waals surface area contributed by atoms with Crippen LogP contribution >= 0.6 is 11.3 Å². The molecule has 0 saturated heterocycles. The van der Waals surface area contributed by atoms with E-state index >= 15 is 0 Å². The minimum atomic E-state index is -0.576. The number of hydrogen-bond donors (Lipinski definition) is 1. The van der Waals surface area contributed by atoms with Crippen LogP contribution in [0.25, 0.3) is 11.0 Å². The van der Waals surface area contributed by atoms with E-state index < -0.39 is 11.9 Å². The molecule has 1 N–H and O–H groups in total. The van der Waals surface area contributed by atoms with E-state index in [0.717, 1.165) is 54.5 Å². The number of ether oxygens (including phenoxy) is 2. The second-order valence-corrected chi connectivity index (χ2v) is 9.45. The summed E-state index contributed by atoms with van der Waals surface area (Å²) in [5.74, 6) is -0.657. The van der Waals surface area contributed by atoms with Gasteiger partial charge in [0.1, 0.15) is 28.4 Å². The first-order chi connectivity index (χ1) is 16.4. The Hall–Kier alpha value is -3.20. The van der Waals surface area contributed by atoms with Crippen molar-refractivity contribution in [2.24, 2.45) is 0 Å². The molecule has 1 fully saturated rings. The van der Waals surface area contributed by atoms with E-state index in [1.54, 1.807) is 13.8 Å². The summed E-state index contributed by atoms with van der Waals surface area (Å²) in [6.07, 6.45) is 4.83. The fraction of sp³-hybridized carbons (Fsp3) is 0.440. The molecule has 9 heteroatoms. The Bertz CT molecular complexity index is 1220. The first-order valence-electron chi connectivity index (χ1n) is 11.6. The number of carbonyl (C=O) groups is 3. The van der Waals surface area contributed by atoms with Crippen LogP contribution in [0, 0.1) is 13.8 Å². The van der Waals surface area contributed by atoms with Crippen LogP contribution in [0.1, 0.15) is 70.4 Å². The Kier molecular flexibility index (Phi) is 7.31. The summed E-state index contributed by atoms with van der Waals surface area (Å²) in [5, 5.41) is 3.11.